The highest BCUT2D eigenvalue weighted by Crippen LogP contribution is 1.59. The van der Waals surface area contributed by atoms with Crippen molar-refractivity contribution >= 4 is 18.0 Å². The molecule has 0 spiro atoms. The maximum absolute atomic E-state index is 8.78. The van der Waals surface area contributed by atoms with Crippen molar-refractivity contribution in [2.45, 2.75) is 0 Å². The fourth-order valence-corrected chi connectivity index (χ4v) is 0. The number of nitrogens with two attached hydrogens (primary N) is 2. The van der Waals surface area contributed by atoms with Gasteiger partial charge in [-0.25, -0.2) is 4.79 Å². The first-order valence-corrected chi connectivity index (χ1v) is 2.65. The van der Waals surface area contributed by atoms with E-state index in [2.05, 4.69) is 5.73 Å². The van der Waals surface area contributed by atoms with Gasteiger partial charge < -0.3 is 10.8 Å². The van der Waals surface area contributed by atoms with Gasteiger partial charge >= 0.3 is 6.09 Å². The molecular formula is C2H8N2O2S. The molecule has 0 atom stereocenters. The van der Waals surface area contributed by atoms with Crippen LogP contribution < -0.4 is 10.9 Å². The predicted molar refractivity (Wildman–Crippen MR) is 29.9 cm³/mol. The molecule has 0 aromatic carbocycles. The predicted octanol–water partition coefficient (Wildman–Crippen LogP) is -0.154. The molecule has 0 aliphatic rings. The fourth-order valence-electron chi connectivity index (χ4n) is 0. The molecule has 4 nitrogen and oxygen atoms in total. The maximum Gasteiger partial charge on any atom is 0.402 e. The highest BCUT2D eigenvalue weighted by Gasteiger charge is 1.65. The van der Waals surface area contributed by atoms with Crippen LogP contribution in [0.5, 0.6) is 0 Å². The fraction of sp³-hybridized carbons (Fsp3) is 0.500. The van der Waals surface area contributed by atoms with Crippen molar-refractivity contribution in [3.63, 3.8) is 0 Å². The summed E-state index contributed by atoms with van der Waals surface area (Å²) in [7, 11) is 0. The van der Waals surface area contributed by atoms with Crippen LogP contribution in [0.4, 0.5) is 4.79 Å². The number of carboxylic acid groups (broad SMARTS) is 1. The third-order valence-electron chi connectivity index (χ3n) is 0. The lowest BCUT2D eigenvalue weighted by Crippen LogP contribution is -2.03. The molecule has 0 saturated carbocycles. The quantitative estimate of drug-likeness (QED) is 0.391. The second-order valence-electron chi connectivity index (χ2n) is 0.574. The smallest absolute Gasteiger partial charge is 0.402 e. The first-order valence-electron chi connectivity index (χ1n) is 1.36. The molecule has 5 heteroatoms. The van der Waals surface area contributed by atoms with Crippen LogP contribution in [0.3, 0.4) is 0 Å². The Morgan fingerprint density at radius 2 is 1.86 bits per heavy atom. The molecule has 0 aromatic heterocycles. The van der Waals surface area contributed by atoms with Gasteiger partial charge in [-0.05, 0) is 6.26 Å². The lowest BCUT2D eigenvalue weighted by atomic mass is 11.3. The molecule has 1 amide bonds. The molecule has 0 aliphatic heterocycles. The van der Waals surface area contributed by atoms with Gasteiger partial charge in [0.2, 0.25) is 0 Å². The van der Waals surface area contributed by atoms with Crippen molar-refractivity contribution in [2.75, 3.05) is 6.26 Å². The molecule has 0 fully saturated rings. The summed E-state index contributed by atoms with van der Waals surface area (Å²) in [6.45, 7) is 0. The van der Waals surface area contributed by atoms with Gasteiger partial charge in [0.25, 0.3) is 0 Å². The summed E-state index contributed by atoms with van der Waals surface area (Å²) in [6.07, 6.45) is 0.486. The maximum atomic E-state index is 8.78. The zero-order chi connectivity index (χ0) is 6.28. The van der Waals surface area contributed by atoms with E-state index in [1.54, 1.807) is 0 Å². The average Bonchev–Trinajstić information content (AvgIpc) is 1.33. The summed E-state index contributed by atoms with van der Waals surface area (Å²) in [5.74, 6) is 0. The van der Waals surface area contributed by atoms with E-state index >= 15 is 0 Å². The van der Waals surface area contributed by atoms with E-state index < -0.39 is 6.09 Å². The van der Waals surface area contributed by atoms with Crippen LogP contribution in [-0.4, -0.2) is 17.5 Å². The van der Waals surface area contributed by atoms with Crippen LogP contribution >= 0.6 is 11.9 Å². The normalized spacial score (nSPS) is 6.00. The zero-order valence-electron chi connectivity index (χ0n) is 3.92. The van der Waals surface area contributed by atoms with Crippen molar-refractivity contribution in [3.05, 3.63) is 0 Å². The van der Waals surface area contributed by atoms with Crippen LogP contribution in [0.2, 0.25) is 0 Å². The van der Waals surface area contributed by atoms with Crippen molar-refractivity contribution in [3.8, 4) is 0 Å². The number of carbonyl (C=O) groups is 1. The summed E-state index contributed by atoms with van der Waals surface area (Å²) in [5.41, 5.74) is 4.03. The van der Waals surface area contributed by atoms with Gasteiger partial charge in [-0.3, -0.25) is 5.14 Å². The second kappa shape index (κ2) is 9.13. The minimum atomic E-state index is -1.33. The SMILES string of the molecule is CSN.NC(=O)O. The molecule has 0 saturated heterocycles. The molecular weight excluding hydrogens is 116 g/mol. The molecule has 0 unspecified atom stereocenters. The van der Waals surface area contributed by atoms with Gasteiger partial charge in [0, 0.05) is 0 Å². The molecule has 0 aliphatic carbocycles. The number of hydrogen-bond acceptors (Lipinski definition) is 3. The Hall–Kier alpha value is -0.420. The minimum absolute atomic E-state index is 1.25. The molecule has 44 valence electrons. The number of rotatable bonds is 0. The van der Waals surface area contributed by atoms with Gasteiger partial charge in [-0.15, -0.1) is 0 Å². The Morgan fingerprint density at radius 3 is 1.86 bits per heavy atom. The average molecular weight is 124 g/mol. The first kappa shape index (κ1) is 9.77. The van der Waals surface area contributed by atoms with E-state index in [-0.39, 0.29) is 0 Å². The van der Waals surface area contributed by atoms with Crippen molar-refractivity contribution in [1.29, 1.82) is 0 Å². The van der Waals surface area contributed by atoms with E-state index in [9.17, 15) is 0 Å². The second-order valence-corrected chi connectivity index (χ2v) is 1.05. The molecule has 0 rings (SSSR count). The Morgan fingerprint density at radius 1 is 1.86 bits per heavy atom. The monoisotopic (exact) mass is 124 g/mol. The van der Waals surface area contributed by atoms with Crippen LogP contribution in [0.25, 0.3) is 0 Å². The Balaban J connectivity index is 0. The summed E-state index contributed by atoms with van der Waals surface area (Å²) in [6, 6.07) is 0. The van der Waals surface area contributed by atoms with E-state index in [4.69, 9.17) is 15.0 Å². The number of hydrogen-bond donors (Lipinski definition) is 3. The van der Waals surface area contributed by atoms with Crippen LogP contribution in [0.1, 0.15) is 0 Å². The Labute approximate surface area is 46.0 Å². The van der Waals surface area contributed by atoms with Gasteiger partial charge in [0.1, 0.15) is 0 Å². The number of amides is 1. The van der Waals surface area contributed by atoms with Crippen LogP contribution in [-0.2, 0) is 0 Å². The zero-order valence-corrected chi connectivity index (χ0v) is 4.73. The Bertz CT molecular complexity index is 45.0. The van der Waals surface area contributed by atoms with Gasteiger partial charge in [-0.2, -0.15) is 0 Å². The molecule has 0 aromatic rings. The van der Waals surface area contributed by atoms with Gasteiger partial charge in [0.05, 0.1) is 0 Å². The van der Waals surface area contributed by atoms with Crippen molar-refractivity contribution in [1.82, 2.24) is 0 Å². The Kier molecular flexibility index (Phi) is 12.7. The standard InChI is InChI=1S/CH3NO2.CH5NS/c2-1(3)4;1-3-2/h2H2,(H,3,4);2H2,1H3. The molecule has 0 radical (unpaired) electrons. The van der Waals surface area contributed by atoms with E-state index in [0.717, 1.165) is 0 Å². The van der Waals surface area contributed by atoms with Crippen molar-refractivity contribution in [2.24, 2.45) is 10.9 Å². The summed E-state index contributed by atoms with van der Waals surface area (Å²) in [5, 5.41) is 12.0. The topological polar surface area (TPSA) is 89.3 Å². The largest absolute Gasteiger partial charge is 0.465 e. The molecule has 5 N–H and O–H groups in total. The molecule has 0 heterocycles. The lowest BCUT2D eigenvalue weighted by molar-refractivity contribution is 0.205. The number of primary amides is 1. The summed E-state index contributed by atoms with van der Waals surface area (Å²) >= 11 is 1.25. The highest BCUT2D eigenvalue weighted by molar-refractivity contribution is 7.96. The first-order chi connectivity index (χ1) is 3.15. The molecule has 0 bridgehead atoms. The summed E-state index contributed by atoms with van der Waals surface area (Å²) < 4.78 is 0. The van der Waals surface area contributed by atoms with E-state index in [1.807, 2.05) is 6.26 Å². The highest BCUT2D eigenvalue weighted by atomic mass is 32.2. The lowest BCUT2D eigenvalue weighted by Gasteiger charge is -1.61. The van der Waals surface area contributed by atoms with Crippen LogP contribution in [0, 0.1) is 0 Å². The third-order valence-corrected chi connectivity index (χ3v) is 0. The van der Waals surface area contributed by atoms with Gasteiger partial charge in [-0.1, -0.05) is 11.9 Å². The summed E-state index contributed by atoms with van der Waals surface area (Å²) in [4.78, 5) is 8.78. The third kappa shape index (κ3) is 405. The minimum Gasteiger partial charge on any atom is -0.465 e. The van der Waals surface area contributed by atoms with Crippen molar-refractivity contribution < 1.29 is 9.90 Å². The van der Waals surface area contributed by atoms with E-state index in [1.165, 1.54) is 11.9 Å². The molecule has 7 heavy (non-hydrogen) atoms. The van der Waals surface area contributed by atoms with Gasteiger partial charge in [0.15, 0.2) is 0 Å². The van der Waals surface area contributed by atoms with Crippen LogP contribution in [0.15, 0.2) is 0 Å². The van der Waals surface area contributed by atoms with E-state index in [0.29, 0.717) is 0 Å².